The largest absolute Gasteiger partial charge is 0.480 e. The van der Waals surface area contributed by atoms with Crippen molar-refractivity contribution < 1.29 is 5.11 Å². The summed E-state index contributed by atoms with van der Waals surface area (Å²) in [6.07, 6.45) is 2.68. The summed E-state index contributed by atoms with van der Waals surface area (Å²) in [5.74, 6) is 0. The fraction of sp³-hybridized carbons (Fsp3) is 0.182. The van der Waals surface area contributed by atoms with Crippen molar-refractivity contribution in [2.75, 3.05) is 0 Å². The molecule has 0 bridgehead atoms. The minimum absolute atomic E-state index is 0.0491. The van der Waals surface area contributed by atoms with Crippen molar-refractivity contribution in [1.82, 2.24) is 9.55 Å². The number of rotatable bonds is 2. The first-order valence-corrected chi connectivity index (χ1v) is 4.64. The van der Waals surface area contributed by atoms with Gasteiger partial charge in [-0.3, -0.25) is 4.57 Å². The van der Waals surface area contributed by atoms with E-state index in [0.717, 1.165) is 17.8 Å². The van der Waals surface area contributed by atoms with E-state index in [9.17, 15) is 5.11 Å². The second-order valence-electron chi connectivity index (χ2n) is 3.09. The lowest BCUT2D eigenvalue weighted by molar-refractivity contribution is 0.422. The van der Waals surface area contributed by atoms with E-state index in [0.29, 0.717) is 0 Å². The molecule has 0 aliphatic carbocycles. The normalized spacial score (nSPS) is 10.4. The van der Waals surface area contributed by atoms with Gasteiger partial charge in [-0.2, -0.15) is 0 Å². The molecule has 0 aliphatic heterocycles. The summed E-state index contributed by atoms with van der Waals surface area (Å²) in [5, 5.41) is 9.57. The van der Waals surface area contributed by atoms with Crippen molar-refractivity contribution in [1.29, 1.82) is 0 Å². The van der Waals surface area contributed by atoms with E-state index >= 15 is 0 Å². The number of imidazole rings is 1. The van der Waals surface area contributed by atoms with Gasteiger partial charge in [0.05, 0.1) is 11.4 Å². The third kappa shape index (κ3) is 1.48. The van der Waals surface area contributed by atoms with Gasteiger partial charge in [-0.25, -0.2) is 4.98 Å². The molecule has 0 saturated heterocycles. The van der Waals surface area contributed by atoms with Crippen molar-refractivity contribution in [2.24, 2.45) is 0 Å². The van der Waals surface area contributed by atoms with Gasteiger partial charge in [0, 0.05) is 6.20 Å². The van der Waals surface area contributed by atoms with Crippen molar-refractivity contribution in [3.63, 3.8) is 0 Å². The molecule has 14 heavy (non-hydrogen) atoms. The zero-order valence-corrected chi connectivity index (χ0v) is 8.01. The predicted molar refractivity (Wildman–Crippen MR) is 54.6 cm³/mol. The van der Waals surface area contributed by atoms with Gasteiger partial charge in [-0.05, 0) is 18.6 Å². The maximum Gasteiger partial charge on any atom is 0.298 e. The SMILES string of the molecule is CCc1cn(-c2ccccc2)c(O)n1. The number of aromatic nitrogens is 2. The van der Waals surface area contributed by atoms with Gasteiger partial charge >= 0.3 is 0 Å². The van der Waals surface area contributed by atoms with Crippen LogP contribution >= 0.6 is 0 Å². The number of hydrogen-bond donors (Lipinski definition) is 1. The van der Waals surface area contributed by atoms with E-state index in [4.69, 9.17) is 0 Å². The Morgan fingerprint density at radius 2 is 2.00 bits per heavy atom. The highest BCUT2D eigenvalue weighted by atomic mass is 16.3. The van der Waals surface area contributed by atoms with Gasteiger partial charge in [-0.1, -0.05) is 25.1 Å². The Bertz CT molecular complexity index is 420. The Morgan fingerprint density at radius 3 is 2.57 bits per heavy atom. The summed E-state index contributed by atoms with van der Waals surface area (Å²) in [4.78, 5) is 4.02. The number of nitrogens with zero attached hydrogens (tertiary/aromatic N) is 2. The Balaban J connectivity index is 2.46. The lowest BCUT2D eigenvalue weighted by Gasteiger charge is -2.01. The first-order chi connectivity index (χ1) is 6.81. The molecule has 0 radical (unpaired) electrons. The molecule has 2 rings (SSSR count). The molecule has 1 heterocycles. The minimum Gasteiger partial charge on any atom is -0.480 e. The van der Waals surface area contributed by atoms with Crippen molar-refractivity contribution in [3.8, 4) is 11.7 Å². The van der Waals surface area contributed by atoms with Gasteiger partial charge in [-0.15, -0.1) is 0 Å². The van der Waals surface area contributed by atoms with Gasteiger partial charge in [0.1, 0.15) is 0 Å². The van der Waals surface area contributed by atoms with Crippen LogP contribution in [0.15, 0.2) is 36.5 Å². The van der Waals surface area contributed by atoms with E-state index in [2.05, 4.69) is 4.98 Å². The zero-order chi connectivity index (χ0) is 9.97. The molecule has 1 aromatic heterocycles. The van der Waals surface area contributed by atoms with Crippen LogP contribution in [0.3, 0.4) is 0 Å². The maximum atomic E-state index is 9.57. The standard InChI is InChI=1S/C11H12N2O/c1-2-9-8-13(11(14)12-9)10-6-4-3-5-7-10/h3-8H,2H2,1H3,(H,12,14). The van der Waals surface area contributed by atoms with Crippen LogP contribution in [0.1, 0.15) is 12.6 Å². The van der Waals surface area contributed by atoms with Crippen LogP contribution in [-0.2, 0) is 6.42 Å². The molecule has 72 valence electrons. The molecule has 0 unspecified atom stereocenters. The molecule has 1 N–H and O–H groups in total. The first-order valence-electron chi connectivity index (χ1n) is 4.64. The van der Waals surface area contributed by atoms with Gasteiger partial charge in [0.2, 0.25) is 0 Å². The molecule has 1 aromatic carbocycles. The summed E-state index contributed by atoms with van der Waals surface area (Å²) in [6, 6.07) is 9.72. The van der Waals surface area contributed by atoms with Crippen LogP contribution in [-0.4, -0.2) is 14.7 Å². The van der Waals surface area contributed by atoms with Gasteiger partial charge < -0.3 is 5.11 Å². The molecule has 0 amide bonds. The summed E-state index contributed by atoms with van der Waals surface area (Å²) in [6.45, 7) is 2.01. The van der Waals surface area contributed by atoms with Crippen LogP contribution in [0.25, 0.3) is 5.69 Å². The second-order valence-corrected chi connectivity index (χ2v) is 3.09. The number of hydrogen-bond acceptors (Lipinski definition) is 2. The van der Waals surface area contributed by atoms with Crippen molar-refractivity contribution >= 4 is 0 Å². The fourth-order valence-electron chi connectivity index (χ4n) is 1.37. The van der Waals surface area contributed by atoms with Crippen LogP contribution < -0.4 is 0 Å². The smallest absolute Gasteiger partial charge is 0.298 e. The Morgan fingerprint density at radius 1 is 1.29 bits per heavy atom. The first kappa shape index (κ1) is 8.81. The van der Waals surface area contributed by atoms with Gasteiger partial charge in [0.15, 0.2) is 0 Å². The van der Waals surface area contributed by atoms with E-state index in [1.807, 2.05) is 43.5 Å². The number of aryl methyl sites for hydroxylation is 1. The van der Waals surface area contributed by atoms with E-state index in [-0.39, 0.29) is 6.01 Å². The van der Waals surface area contributed by atoms with Crippen LogP contribution in [0.4, 0.5) is 0 Å². The summed E-state index contributed by atoms with van der Waals surface area (Å²) < 4.78 is 1.68. The molecule has 0 saturated carbocycles. The van der Waals surface area contributed by atoms with Crippen molar-refractivity contribution in [3.05, 3.63) is 42.2 Å². The molecule has 0 fully saturated rings. The molecular formula is C11H12N2O. The topological polar surface area (TPSA) is 38.0 Å². The molecular weight excluding hydrogens is 176 g/mol. The quantitative estimate of drug-likeness (QED) is 0.784. The minimum atomic E-state index is 0.0491. The maximum absolute atomic E-state index is 9.57. The Hall–Kier alpha value is -1.77. The summed E-state index contributed by atoms with van der Waals surface area (Å²) in [5.41, 5.74) is 1.82. The van der Waals surface area contributed by atoms with E-state index in [1.165, 1.54) is 0 Å². The van der Waals surface area contributed by atoms with Crippen LogP contribution in [0.2, 0.25) is 0 Å². The lowest BCUT2D eigenvalue weighted by atomic mass is 10.3. The zero-order valence-electron chi connectivity index (χ0n) is 8.01. The number of benzene rings is 1. The second kappa shape index (κ2) is 3.54. The van der Waals surface area contributed by atoms with E-state index < -0.39 is 0 Å². The number of aromatic hydroxyl groups is 1. The molecule has 2 aromatic rings. The third-order valence-electron chi connectivity index (χ3n) is 2.13. The summed E-state index contributed by atoms with van der Waals surface area (Å²) >= 11 is 0. The molecule has 3 heteroatoms. The molecule has 0 spiro atoms. The molecule has 0 aliphatic rings. The van der Waals surface area contributed by atoms with Crippen LogP contribution in [0, 0.1) is 0 Å². The third-order valence-corrected chi connectivity index (χ3v) is 2.13. The predicted octanol–water partition coefficient (Wildman–Crippen LogP) is 2.14. The lowest BCUT2D eigenvalue weighted by Crippen LogP contribution is -1.89. The van der Waals surface area contributed by atoms with Crippen molar-refractivity contribution in [2.45, 2.75) is 13.3 Å². The Kier molecular flexibility index (Phi) is 2.23. The average molecular weight is 188 g/mol. The average Bonchev–Trinajstić information content (AvgIpc) is 2.61. The fourth-order valence-corrected chi connectivity index (χ4v) is 1.37. The van der Waals surface area contributed by atoms with E-state index in [1.54, 1.807) is 4.57 Å². The van der Waals surface area contributed by atoms with Gasteiger partial charge in [0.25, 0.3) is 6.01 Å². The summed E-state index contributed by atoms with van der Waals surface area (Å²) in [7, 11) is 0. The molecule has 3 nitrogen and oxygen atoms in total. The molecule has 0 atom stereocenters. The highest BCUT2D eigenvalue weighted by Crippen LogP contribution is 2.16. The number of para-hydroxylation sites is 1. The highest BCUT2D eigenvalue weighted by molar-refractivity contribution is 5.35. The monoisotopic (exact) mass is 188 g/mol. The Labute approximate surface area is 82.7 Å². The van der Waals surface area contributed by atoms with Crippen LogP contribution in [0.5, 0.6) is 6.01 Å². The highest BCUT2D eigenvalue weighted by Gasteiger charge is 2.05.